The van der Waals surface area contributed by atoms with Gasteiger partial charge in [0.05, 0.1) is 0 Å². The molecule has 0 bridgehead atoms. The highest BCUT2D eigenvalue weighted by Crippen LogP contribution is 2.25. The van der Waals surface area contributed by atoms with Crippen LogP contribution in [0.1, 0.15) is 24.5 Å². The van der Waals surface area contributed by atoms with Crippen LogP contribution >= 0.6 is 0 Å². The van der Waals surface area contributed by atoms with Gasteiger partial charge in [-0.05, 0) is 63.2 Å². The van der Waals surface area contributed by atoms with Crippen molar-refractivity contribution in [1.29, 1.82) is 0 Å². The van der Waals surface area contributed by atoms with Gasteiger partial charge in [-0.1, -0.05) is 6.07 Å². The average Bonchev–Trinajstić information content (AvgIpc) is 2.57. The van der Waals surface area contributed by atoms with Crippen LogP contribution in [0.5, 0.6) is 0 Å². The number of nitrogens with zero attached hydrogens (tertiary/aromatic N) is 2. The highest BCUT2D eigenvalue weighted by molar-refractivity contribution is 5.85. The van der Waals surface area contributed by atoms with E-state index in [0.717, 1.165) is 25.2 Å². The topological polar surface area (TPSA) is 43.8 Å². The Bertz CT molecular complexity index is 540. The number of aryl methyl sites for hydroxylation is 1. The van der Waals surface area contributed by atoms with Gasteiger partial charge in [-0.15, -0.1) is 0 Å². The second kappa shape index (κ2) is 6.76. The summed E-state index contributed by atoms with van der Waals surface area (Å²) in [6.07, 6.45) is 3.98. The van der Waals surface area contributed by atoms with Crippen molar-refractivity contribution < 1.29 is 9.90 Å². The lowest BCUT2D eigenvalue weighted by Gasteiger charge is -2.31. The maximum absolute atomic E-state index is 10.6. The molecule has 1 saturated heterocycles. The number of benzene rings is 1. The number of carbonyl (C=O) groups is 1. The van der Waals surface area contributed by atoms with E-state index in [0.29, 0.717) is 6.04 Å². The van der Waals surface area contributed by atoms with E-state index in [1.165, 1.54) is 23.7 Å². The van der Waals surface area contributed by atoms with Crippen LogP contribution in [0, 0.1) is 6.92 Å². The van der Waals surface area contributed by atoms with Crippen molar-refractivity contribution in [3.63, 3.8) is 0 Å². The number of aliphatic carboxylic acids is 1. The summed E-state index contributed by atoms with van der Waals surface area (Å²) < 4.78 is 0. The Balaban J connectivity index is 2.21. The Hall–Kier alpha value is -1.81. The fourth-order valence-corrected chi connectivity index (χ4v) is 3.00. The largest absolute Gasteiger partial charge is 0.478 e. The van der Waals surface area contributed by atoms with Gasteiger partial charge >= 0.3 is 5.97 Å². The van der Waals surface area contributed by atoms with E-state index in [1.807, 2.05) is 6.07 Å². The van der Waals surface area contributed by atoms with Gasteiger partial charge in [-0.3, -0.25) is 0 Å². The summed E-state index contributed by atoms with van der Waals surface area (Å²) in [5.74, 6) is -0.916. The molecule has 114 valence electrons. The van der Waals surface area contributed by atoms with Crippen molar-refractivity contribution in [3.8, 4) is 0 Å². The third-order valence-corrected chi connectivity index (χ3v) is 4.00. The molecule has 1 aliphatic heterocycles. The van der Waals surface area contributed by atoms with Crippen LogP contribution in [0.25, 0.3) is 6.08 Å². The second-order valence-electron chi connectivity index (χ2n) is 5.88. The first-order chi connectivity index (χ1) is 9.97. The zero-order valence-corrected chi connectivity index (χ0v) is 13.0. The smallest absolute Gasteiger partial charge is 0.328 e. The number of likely N-dealkylation sites (N-methyl/N-ethyl adjacent to an activating group) is 1. The van der Waals surface area contributed by atoms with Crippen molar-refractivity contribution in [1.82, 2.24) is 4.90 Å². The molecule has 1 unspecified atom stereocenters. The first-order valence-electron chi connectivity index (χ1n) is 7.44. The molecule has 1 atom stereocenters. The monoisotopic (exact) mass is 288 g/mol. The number of hydrogen-bond donors (Lipinski definition) is 1. The minimum atomic E-state index is -0.916. The maximum Gasteiger partial charge on any atom is 0.328 e. The zero-order valence-electron chi connectivity index (χ0n) is 13.0. The van der Waals surface area contributed by atoms with Crippen LogP contribution in [0.2, 0.25) is 0 Å². The number of carboxylic acid groups (broad SMARTS) is 1. The molecule has 4 nitrogen and oxygen atoms in total. The predicted octanol–water partition coefficient (Wildman–Crippen LogP) is 2.62. The summed E-state index contributed by atoms with van der Waals surface area (Å²) in [6, 6.07) is 6.63. The summed E-state index contributed by atoms with van der Waals surface area (Å²) in [5.41, 5.74) is 3.38. The molecule has 21 heavy (non-hydrogen) atoms. The molecule has 1 fully saturated rings. The van der Waals surface area contributed by atoms with Crippen molar-refractivity contribution in [3.05, 3.63) is 35.4 Å². The molecule has 1 aliphatic rings. The first kappa shape index (κ1) is 15.6. The standard InChI is InChI=1S/C17H24N2O2/c1-13-11-15(6-8-17(20)21)5-7-16(13)19-10-4-9-18(3)12-14(19)2/h5-8,11,14H,4,9-10,12H2,1-3H3,(H,20,21)/b8-6+. The van der Waals surface area contributed by atoms with E-state index < -0.39 is 5.97 Å². The minimum absolute atomic E-state index is 0.483. The van der Waals surface area contributed by atoms with Crippen LogP contribution < -0.4 is 4.90 Å². The van der Waals surface area contributed by atoms with Crippen LogP contribution in [-0.2, 0) is 4.79 Å². The van der Waals surface area contributed by atoms with E-state index in [-0.39, 0.29) is 0 Å². The normalized spacial score (nSPS) is 20.7. The lowest BCUT2D eigenvalue weighted by atomic mass is 10.1. The predicted molar refractivity (Wildman–Crippen MR) is 86.8 cm³/mol. The van der Waals surface area contributed by atoms with Gasteiger partial charge in [0.15, 0.2) is 0 Å². The van der Waals surface area contributed by atoms with E-state index in [9.17, 15) is 4.79 Å². The van der Waals surface area contributed by atoms with Crippen LogP contribution in [0.3, 0.4) is 0 Å². The molecule has 1 aromatic carbocycles. The van der Waals surface area contributed by atoms with Crippen molar-refractivity contribution in [2.45, 2.75) is 26.3 Å². The lowest BCUT2D eigenvalue weighted by Crippen LogP contribution is -2.38. The Kier molecular flexibility index (Phi) is 5.02. The SMILES string of the molecule is Cc1cc(/C=C/C(=O)O)ccc1N1CCCN(C)CC1C. The number of hydrogen-bond acceptors (Lipinski definition) is 3. The van der Waals surface area contributed by atoms with Gasteiger partial charge in [-0.2, -0.15) is 0 Å². The Morgan fingerprint density at radius 3 is 2.81 bits per heavy atom. The fraction of sp³-hybridized carbons (Fsp3) is 0.471. The Labute approximate surface area is 126 Å². The fourth-order valence-electron chi connectivity index (χ4n) is 3.00. The summed E-state index contributed by atoms with van der Waals surface area (Å²) in [6.45, 7) is 7.63. The maximum atomic E-state index is 10.6. The van der Waals surface area contributed by atoms with Gasteiger partial charge in [0.25, 0.3) is 0 Å². The van der Waals surface area contributed by atoms with E-state index in [2.05, 4.69) is 42.8 Å². The van der Waals surface area contributed by atoms with E-state index in [4.69, 9.17) is 5.11 Å². The Morgan fingerprint density at radius 2 is 2.14 bits per heavy atom. The van der Waals surface area contributed by atoms with Crippen LogP contribution in [0.15, 0.2) is 24.3 Å². The molecule has 0 amide bonds. The molecule has 1 N–H and O–H groups in total. The quantitative estimate of drug-likeness (QED) is 0.868. The number of carboxylic acids is 1. The van der Waals surface area contributed by atoms with E-state index >= 15 is 0 Å². The average molecular weight is 288 g/mol. The highest BCUT2D eigenvalue weighted by atomic mass is 16.4. The first-order valence-corrected chi connectivity index (χ1v) is 7.44. The molecule has 1 heterocycles. The van der Waals surface area contributed by atoms with E-state index in [1.54, 1.807) is 6.08 Å². The molecular formula is C17H24N2O2. The third kappa shape index (κ3) is 4.08. The van der Waals surface area contributed by atoms with Crippen molar-refractivity contribution in [2.24, 2.45) is 0 Å². The van der Waals surface area contributed by atoms with Crippen molar-refractivity contribution in [2.75, 3.05) is 31.6 Å². The van der Waals surface area contributed by atoms with Gasteiger partial charge in [0, 0.05) is 30.9 Å². The molecule has 2 rings (SSSR count). The molecular weight excluding hydrogens is 264 g/mol. The van der Waals surface area contributed by atoms with Gasteiger partial charge in [0.2, 0.25) is 0 Å². The van der Waals surface area contributed by atoms with Gasteiger partial charge < -0.3 is 14.9 Å². The molecule has 0 aliphatic carbocycles. The molecule has 0 radical (unpaired) electrons. The molecule has 0 spiro atoms. The van der Waals surface area contributed by atoms with Crippen LogP contribution in [0.4, 0.5) is 5.69 Å². The van der Waals surface area contributed by atoms with Crippen molar-refractivity contribution >= 4 is 17.7 Å². The summed E-state index contributed by atoms with van der Waals surface area (Å²) in [7, 11) is 2.17. The van der Waals surface area contributed by atoms with Crippen LogP contribution in [-0.4, -0.2) is 48.7 Å². The molecule has 0 saturated carbocycles. The van der Waals surface area contributed by atoms with Gasteiger partial charge in [0.1, 0.15) is 0 Å². The molecule has 1 aromatic rings. The number of anilines is 1. The zero-order chi connectivity index (χ0) is 15.4. The molecule has 4 heteroatoms. The number of rotatable bonds is 3. The highest BCUT2D eigenvalue weighted by Gasteiger charge is 2.20. The van der Waals surface area contributed by atoms with Gasteiger partial charge in [-0.25, -0.2) is 4.79 Å². The summed E-state index contributed by atoms with van der Waals surface area (Å²) in [4.78, 5) is 15.4. The third-order valence-electron chi connectivity index (χ3n) is 4.00. The summed E-state index contributed by atoms with van der Waals surface area (Å²) in [5, 5.41) is 8.69. The second-order valence-corrected chi connectivity index (χ2v) is 5.88. The lowest BCUT2D eigenvalue weighted by molar-refractivity contribution is -0.131. The minimum Gasteiger partial charge on any atom is -0.478 e. The summed E-state index contributed by atoms with van der Waals surface area (Å²) >= 11 is 0. The molecule has 0 aromatic heterocycles. The Morgan fingerprint density at radius 1 is 1.38 bits per heavy atom.